The summed E-state index contributed by atoms with van der Waals surface area (Å²) in [4.78, 5) is 21.6. The van der Waals surface area contributed by atoms with Crippen LogP contribution in [0.2, 0.25) is 0 Å². The standard InChI is InChI=1S/C23H28ClF4N3O2/c1-13-10-16(8-9-17(13)21(32)30-20-11-19(24)31-33-20)18(29-5)12-22(4,23(26,27)28)14(2)6-7-15(3)25/h6,8-10,15,20H,7,11-12H2,1-5H3,(H,30,32)/b14-6+,29-18?. The number of nitrogens with one attached hydrogen (secondary N) is 1. The smallest absolute Gasteiger partial charge is 0.369 e. The van der Waals surface area contributed by atoms with Crippen LogP contribution in [0.25, 0.3) is 0 Å². The van der Waals surface area contributed by atoms with Crippen molar-refractivity contribution >= 4 is 28.4 Å². The first-order chi connectivity index (χ1) is 15.3. The number of allylic oxidation sites excluding steroid dienone is 2. The maximum absolute atomic E-state index is 14.1. The first-order valence-corrected chi connectivity index (χ1v) is 10.8. The van der Waals surface area contributed by atoms with Crippen molar-refractivity contribution in [3.8, 4) is 0 Å². The first kappa shape index (κ1) is 26.8. The largest absolute Gasteiger partial charge is 0.398 e. The van der Waals surface area contributed by atoms with Crippen LogP contribution in [-0.2, 0) is 4.84 Å². The molecule has 1 aromatic rings. The average Bonchev–Trinajstić information content (AvgIpc) is 3.13. The summed E-state index contributed by atoms with van der Waals surface area (Å²) in [6.45, 7) is 5.44. The van der Waals surface area contributed by atoms with Gasteiger partial charge in [-0.25, -0.2) is 4.39 Å². The Bertz CT molecular complexity index is 973. The number of benzene rings is 1. The summed E-state index contributed by atoms with van der Waals surface area (Å²) in [5, 5.41) is 6.45. The molecule has 33 heavy (non-hydrogen) atoms. The highest BCUT2D eigenvalue weighted by Crippen LogP contribution is 2.47. The lowest BCUT2D eigenvalue weighted by Gasteiger charge is -2.34. The Balaban J connectivity index is 2.27. The Morgan fingerprint density at radius 2 is 2.09 bits per heavy atom. The number of aliphatic imine (C=N–C) groups is 1. The molecule has 1 N–H and O–H groups in total. The molecule has 0 saturated heterocycles. The minimum absolute atomic E-state index is 0.0332. The van der Waals surface area contributed by atoms with Gasteiger partial charge in [-0.2, -0.15) is 13.2 Å². The Labute approximate surface area is 195 Å². The molecule has 0 spiro atoms. The molecule has 0 saturated carbocycles. The monoisotopic (exact) mass is 489 g/mol. The molecule has 0 bridgehead atoms. The molecule has 3 atom stereocenters. The van der Waals surface area contributed by atoms with Gasteiger partial charge in [0.25, 0.3) is 5.91 Å². The summed E-state index contributed by atoms with van der Waals surface area (Å²) in [6, 6.07) is 4.71. The van der Waals surface area contributed by atoms with Gasteiger partial charge in [-0.15, -0.1) is 0 Å². The second-order valence-corrected chi connectivity index (χ2v) is 8.79. The lowest BCUT2D eigenvalue weighted by atomic mass is 9.75. The molecular formula is C23H28ClF4N3O2. The molecule has 10 heteroatoms. The lowest BCUT2D eigenvalue weighted by Crippen LogP contribution is -2.38. The second-order valence-electron chi connectivity index (χ2n) is 8.35. The van der Waals surface area contributed by atoms with Crippen LogP contribution in [0, 0.1) is 12.3 Å². The number of alkyl halides is 4. The van der Waals surface area contributed by atoms with Gasteiger partial charge in [0, 0.05) is 24.7 Å². The molecule has 1 amide bonds. The fraction of sp³-hybridized carbons (Fsp3) is 0.522. The van der Waals surface area contributed by atoms with Crippen molar-refractivity contribution in [1.29, 1.82) is 0 Å². The zero-order chi connectivity index (χ0) is 25.0. The molecule has 1 heterocycles. The zero-order valence-electron chi connectivity index (χ0n) is 19.2. The van der Waals surface area contributed by atoms with E-state index < -0.39 is 36.3 Å². The topological polar surface area (TPSA) is 63.0 Å². The highest BCUT2D eigenvalue weighted by molar-refractivity contribution is 6.65. The van der Waals surface area contributed by atoms with Crippen LogP contribution in [0.1, 0.15) is 61.5 Å². The van der Waals surface area contributed by atoms with Gasteiger partial charge in [0.05, 0.1) is 11.8 Å². The maximum Gasteiger partial charge on any atom is 0.398 e. The summed E-state index contributed by atoms with van der Waals surface area (Å²) in [5.41, 5.74) is -0.594. The van der Waals surface area contributed by atoms with E-state index in [1.165, 1.54) is 33.0 Å². The van der Waals surface area contributed by atoms with Crippen molar-refractivity contribution in [3.63, 3.8) is 0 Å². The van der Waals surface area contributed by atoms with Crippen LogP contribution >= 0.6 is 11.6 Å². The van der Waals surface area contributed by atoms with Crippen molar-refractivity contribution in [2.45, 2.75) is 65.5 Å². The number of hydrogen-bond acceptors (Lipinski definition) is 4. The molecule has 0 aromatic heterocycles. The third kappa shape index (κ3) is 6.56. The average molecular weight is 490 g/mol. The molecular weight excluding hydrogens is 462 g/mol. The first-order valence-electron chi connectivity index (χ1n) is 10.4. The molecule has 5 nitrogen and oxygen atoms in total. The van der Waals surface area contributed by atoms with Crippen LogP contribution < -0.4 is 5.32 Å². The number of aryl methyl sites for hydroxylation is 1. The summed E-state index contributed by atoms with van der Waals surface area (Å²) in [7, 11) is 1.42. The second kappa shape index (κ2) is 10.7. The van der Waals surface area contributed by atoms with E-state index in [1.807, 2.05) is 0 Å². The van der Waals surface area contributed by atoms with Crippen LogP contribution in [0.15, 0.2) is 40.0 Å². The van der Waals surface area contributed by atoms with Crippen molar-refractivity contribution in [3.05, 3.63) is 46.5 Å². The Kier molecular flexibility index (Phi) is 8.68. The zero-order valence-corrected chi connectivity index (χ0v) is 19.9. The minimum atomic E-state index is -4.57. The third-order valence-corrected chi connectivity index (χ3v) is 5.99. The van der Waals surface area contributed by atoms with Gasteiger partial charge >= 0.3 is 6.18 Å². The van der Waals surface area contributed by atoms with Crippen LogP contribution in [0.3, 0.4) is 0 Å². The lowest BCUT2D eigenvalue weighted by molar-refractivity contribution is -0.201. The minimum Gasteiger partial charge on any atom is -0.369 e. The van der Waals surface area contributed by atoms with E-state index >= 15 is 0 Å². The summed E-state index contributed by atoms with van der Waals surface area (Å²) in [5.74, 6) is -0.417. The van der Waals surface area contributed by atoms with Gasteiger partial charge in [0.2, 0.25) is 6.23 Å². The van der Waals surface area contributed by atoms with E-state index in [-0.39, 0.29) is 29.3 Å². The van der Waals surface area contributed by atoms with Gasteiger partial charge in [-0.1, -0.05) is 34.5 Å². The molecule has 1 aromatic carbocycles. The molecule has 182 valence electrons. The van der Waals surface area contributed by atoms with Crippen LogP contribution in [-0.4, -0.2) is 42.4 Å². The Morgan fingerprint density at radius 3 is 2.58 bits per heavy atom. The molecule has 0 aliphatic carbocycles. The number of oxime groups is 1. The highest BCUT2D eigenvalue weighted by atomic mass is 35.5. The summed E-state index contributed by atoms with van der Waals surface area (Å²) in [6.07, 6.45) is -5.46. The molecule has 0 fully saturated rings. The summed E-state index contributed by atoms with van der Waals surface area (Å²) < 4.78 is 55.5. The van der Waals surface area contributed by atoms with Crippen molar-refractivity contribution in [2.75, 3.05) is 7.05 Å². The van der Waals surface area contributed by atoms with Crippen molar-refractivity contribution < 1.29 is 27.2 Å². The Morgan fingerprint density at radius 1 is 1.42 bits per heavy atom. The normalized spacial score (nSPS) is 20.1. The number of amides is 1. The molecule has 2 rings (SSSR count). The van der Waals surface area contributed by atoms with Gasteiger partial charge in [-0.05, 0) is 57.4 Å². The number of rotatable bonds is 8. The number of carbonyl (C=O) groups excluding carboxylic acids is 1. The van der Waals surface area contributed by atoms with Gasteiger partial charge < -0.3 is 10.2 Å². The quantitative estimate of drug-likeness (QED) is 0.272. The van der Waals surface area contributed by atoms with Crippen molar-refractivity contribution in [2.24, 2.45) is 15.6 Å². The van der Waals surface area contributed by atoms with E-state index in [0.29, 0.717) is 16.7 Å². The predicted octanol–water partition coefficient (Wildman–Crippen LogP) is 6.10. The van der Waals surface area contributed by atoms with E-state index in [1.54, 1.807) is 19.1 Å². The fourth-order valence-electron chi connectivity index (χ4n) is 3.42. The van der Waals surface area contributed by atoms with E-state index in [4.69, 9.17) is 16.4 Å². The third-order valence-electron chi connectivity index (χ3n) is 5.76. The molecule has 0 radical (unpaired) electrons. The van der Waals surface area contributed by atoms with Gasteiger partial charge in [0.1, 0.15) is 6.17 Å². The SMILES string of the molecule is CN=C(CC(C)(/C(C)=C/CC(C)F)C(F)(F)F)c1ccc(C(=O)NC2CC(Cl)=NO2)c(C)c1. The van der Waals surface area contributed by atoms with E-state index in [9.17, 15) is 22.4 Å². The molecule has 3 unspecified atom stereocenters. The highest BCUT2D eigenvalue weighted by Gasteiger charge is 2.52. The van der Waals surface area contributed by atoms with Crippen LogP contribution in [0.4, 0.5) is 17.6 Å². The Hall–Kier alpha value is -2.42. The van der Waals surface area contributed by atoms with Crippen LogP contribution in [0.5, 0.6) is 0 Å². The number of halogens is 5. The number of carbonyl (C=O) groups is 1. The number of hydrogen-bond donors (Lipinski definition) is 1. The predicted molar refractivity (Wildman–Crippen MR) is 122 cm³/mol. The number of nitrogens with zero attached hydrogens (tertiary/aromatic N) is 2. The van der Waals surface area contributed by atoms with Gasteiger partial charge in [0.15, 0.2) is 5.17 Å². The fourth-order valence-corrected chi connectivity index (χ4v) is 3.60. The van der Waals surface area contributed by atoms with Crippen molar-refractivity contribution in [1.82, 2.24) is 5.32 Å². The van der Waals surface area contributed by atoms with E-state index in [0.717, 1.165) is 6.92 Å². The maximum atomic E-state index is 14.1. The molecule has 1 aliphatic rings. The van der Waals surface area contributed by atoms with Gasteiger partial charge in [-0.3, -0.25) is 9.79 Å². The molecule has 1 aliphatic heterocycles. The summed E-state index contributed by atoms with van der Waals surface area (Å²) >= 11 is 5.74. The van der Waals surface area contributed by atoms with E-state index in [2.05, 4.69) is 15.5 Å².